The van der Waals surface area contributed by atoms with Crippen LogP contribution in [0.2, 0.25) is 5.15 Å². The Morgan fingerprint density at radius 3 is 2.38 bits per heavy atom. The van der Waals surface area contributed by atoms with Gasteiger partial charge in [-0.25, -0.2) is 18.2 Å². The molecular formula is C17H17ClF4N2. The van der Waals surface area contributed by atoms with Crippen LogP contribution in [0.15, 0.2) is 6.07 Å². The Labute approximate surface area is 142 Å². The molecule has 1 unspecified atom stereocenters. The summed E-state index contributed by atoms with van der Waals surface area (Å²) in [7, 11) is 0. The van der Waals surface area contributed by atoms with Crippen LogP contribution in [0.1, 0.15) is 43.4 Å². The number of benzene rings is 1. The van der Waals surface area contributed by atoms with Crippen molar-refractivity contribution >= 4 is 28.2 Å². The molecular weight excluding hydrogens is 344 g/mol. The molecule has 0 saturated heterocycles. The number of halogens is 5. The highest BCUT2D eigenvalue weighted by molar-refractivity contribution is 6.30. The molecule has 1 aromatic heterocycles. The summed E-state index contributed by atoms with van der Waals surface area (Å²) in [6.45, 7) is 6.76. The van der Waals surface area contributed by atoms with Crippen molar-refractivity contribution in [2.24, 2.45) is 0 Å². The number of hydrogen-bond donors (Lipinski definition) is 0. The van der Waals surface area contributed by atoms with Crippen molar-refractivity contribution < 1.29 is 17.7 Å². The van der Waals surface area contributed by atoms with Gasteiger partial charge in [-0.2, -0.15) is 5.12 Å². The molecule has 1 aliphatic rings. The minimum atomic E-state index is -3.30. The van der Waals surface area contributed by atoms with Crippen LogP contribution >= 0.6 is 11.6 Å². The highest BCUT2D eigenvalue weighted by Crippen LogP contribution is 2.55. The molecule has 2 aromatic rings. The summed E-state index contributed by atoms with van der Waals surface area (Å²) in [6, 6.07) is 1.40. The summed E-state index contributed by atoms with van der Waals surface area (Å²) in [5, 5.41) is 0.150. The van der Waals surface area contributed by atoms with Gasteiger partial charge < -0.3 is 0 Å². The van der Waals surface area contributed by atoms with Crippen LogP contribution in [0, 0.1) is 19.7 Å². The first-order valence-electron chi connectivity index (χ1n) is 7.55. The molecule has 0 aliphatic carbocycles. The van der Waals surface area contributed by atoms with Gasteiger partial charge in [0, 0.05) is 16.9 Å². The first kappa shape index (κ1) is 17.3. The fourth-order valence-electron chi connectivity index (χ4n) is 3.40. The maximum atomic E-state index is 14.9. The van der Waals surface area contributed by atoms with E-state index in [1.165, 1.54) is 19.9 Å². The van der Waals surface area contributed by atoms with Gasteiger partial charge in [0.05, 0.1) is 11.2 Å². The Kier molecular flexibility index (Phi) is 3.58. The third kappa shape index (κ3) is 1.92. The number of pyridine rings is 1. The van der Waals surface area contributed by atoms with Gasteiger partial charge in [-0.05, 0) is 44.9 Å². The predicted octanol–water partition coefficient (Wildman–Crippen LogP) is 5.87. The Morgan fingerprint density at radius 1 is 1.21 bits per heavy atom. The molecule has 0 saturated carbocycles. The topological polar surface area (TPSA) is 16.1 Å². The van der Waals surface area contributed by atoms with Gasteiger partial charge in [-0.1, -0.05) is 23.0 Å². The van der Waals surface area contributed by atoms with Gasteiger partial charge >= 0.3 is 0 Å². The lowest BCUT2D eigenvalue weighted by molar-refractivity contribution is -0.102. The van der Waals surface area contributed by atoms with Gasteiger partial charge in [0.2, 0.25) is 0 Å². The highest BCUT2D eigenvalue weighted by atomic mass is 35.5. The molecule has 130 valence electrons. The Balaban J connectivity index is 2.46. The summed E-state index contributed by atoms with van der Waals surface area (Å²) in [4.78, 5) is 4.00. The van der Waals surface area contributed by atoms with Crippen LogP contribution < -0.4 is 5.12 Å². The number of aromatic nitrogens is 1. The lowest BCUT2D eigenvalue weighted by atomic mass is 9.76. The van der Waals surface area contributed by atoms with E-state index in [4.69, 9.17) is 11.6 Å². The molecule has 2 nitrogen and oxygen atoms in total. The largest absolute Gasteiger partial charge is 0.279 e. The molecule has 1 atom stereocenters. The smallest absolute Gasteiger partial charge is 0.233 e. The molecule has 1 aromatic carbocycles. The monoisotopic (exact) mass is 360 g/mol. The third-order valence-corrected chi connectivity index (χ3v) is 5.43. The van der Waals surface area contributed by atoms with E-state index in [1.54, 1.807) is 6.92 Å². The van der Waals surface area contributed by atoms with Crippen LogP contribution in [0.25, 0.3) is 10.9 Å². The molecule has 0 amide bonds. The van der Waals surface area contributed by atoms with Gasteiger partial charge in [0.25, 0.3) is 5.92 Å². The van der Waals surface area contributed by atoms with E-state index >= 15 is 0 Å². The van der Waals surface area contributed by atoms with Crippen molar-refractivity contribution in [2.75, 3.05) is 5.12 Å². The first-order chi connectivity index (χ1) is 10.9. The number of hydrogen-bond acceptors (Lipinski definition) is 2. The number of nitrogens with zero attached hydrogens (tertiary/aromatic N) is 2. The second-order valence-corrected chi connectivity index (χ2v) is 7.22. The minimum Gasteiger partial charge on any atom is -0.233 e. The summed E-state index contributed by atoms with van der Waals surface area (Å²) in [5.41, 5.74) is -0.934. The van der Waals surface area contributed by atoms with Crippen molar-refractivity contribution in [3.63, 3.8) is 0 Å². The fraction of sp³-hybridized carbons (Fsp3) is 0.471. The summed E-state index contributed by atoms with van der Waals surface area (Å²) >= 11 is 5.80. The molecule has 0 N–H and O–H groups in total. The number of anilines is 1. The maximum Gasteiger partial charge on any atom is 0.279 e. The van der Waals surface area contributed by atoms with E-state index in [0.29, 0.717) is 16.5 Å². The lowest BCUT2D eigenvalue weighted by Gasteiger charge is -2.47. The Morgan fingerprint density at radius 2 is 1.79 bits per heavy atom. The van der Waals surface area contributed by atoms with Gasteiger partial charge in [-0.3, -0.25) is 0 Å². The van der Waals surface area contributed by atoms with Gasteiger partial charge in [0.15, 0.2) is 11.0 Å². The van der Waals surface area contributed by atoms with Crippen LogP contribution in [-0.4, -0.2) is 16.4 Å². The van der Waals surface area contributed by atoms with E-state index in [1.807, 2.05) is 0 Å². The van der Waals surface area contributed by atoms with Crippen LogP contribution in [0.3, 0.4) is 0 Å². The van der Waals surface area contributed by atoms with Gasteiger partial charge in [-0.15, -0.1) is 0 Å². The first-order valence-corrected chi connectivity index (χ1v) is 7.93. The molecule has 2 heterocycles. The standard InChI is InChI=1S/C17H17ClF4N2/c1-7-10-6-11-9(3)17(20,21)16(4,5)24(22)14(11)8(2)13(10)23-15(18)12(7)19/h6,9H,1-5H3. The van der Waals surface area contributed by atoms with E-state index in [0.717, 1.165) is 13.8 Å². The molecule has 7 heteroatoms. The zero-order chi connectivity index (χ0) is 18.2. The van der Waals surface area contributed by atoms with E-state index < -0.39 is 23.2 Å². The number of rotatable bonds is 0. The predicted molar refractivity (Wildman–Crippen MR) is 87.2 cm³/mol. The zero-order valence-electron chi connectivity index (χ0n) is 13.9. The van der Waals surface area contributed by atoms with E-state index in [9.17, 15) is 17.7 Å². The zero-order valence-corrected chi connectivity index (χ0v) is 14.7. The van der Waals surface area contributed by atoms with Crippen LogP contribution in [0.4, 0.5) is 23.3 Å². The second kappa shape index (κ2) is 4.97. The van der Waals surface area contributed by atoms with Crippen LogP contribution in [-0.2, 0) is 0 Å². The Bertz CT molecular complexity index is 864. The van der Waals surface area contributed by atoms with Crippen molar-refractivity contribution in [3.8, 4) is 0 Å². The van der Waals surface area contributed by atoms with Crippen molar-refractivity contribution in [2.45, 2.75) is 52.0 Å². The number of fused-ring (bicyclic) bond motifs is 2. The summed E-state index contributed by atoms with van der Waals surface area (Å²) in [5.74, 6) is -5.23. The maximum absolute atomic E-state index is 14.9. The van der Waals surface area contributed by atoms with Gasteiger partial charge in [0.1, 0.15) is 5.54 Å². The van der Waals surface area contributed by atoms with Crippen molar-refractivity contribution in [1.29, 1.82) is 0 Å². The average molecular weight is 361 g/mol. The summed E-state index contributed by atoms with van der Waals surface area (Å²) < 4.78 is 58.3. The van der Waals surface area contributed by atoms with E-state index in [2.05, 4.69) is 4.98 Å². The molecule has 24 heavy (non-hydrogen) atoms. The average Bonchev–Trinajstić information content (AvgIpc) is 2.50. The quantitative estimate of drug-likeness (QED) is 0.332. The lowest BCUT2D eigenvalue weighted by Crippen LogP contribution is -2.59. The van der Waals surface area contributed by atoms with Crippen LogP contribution in [0.5, 0.6) is 0 Å². The summed E-state index contributed by atoms with van der Waals surface area (Å²) in [6.07, 6.45) is 0. The molecule has 0 spiro atoms. The Hall–Kier alpha value is -1.56. The number of alkyl halides is 2. The normalized spacial score (nSPS) is 21.9. The molecule has 0 bridgehead atoms. The molecule has 0 radical (unpaired) electrons. The SMILES string of the molecule is Cc1c(F)c(Cl)nc2c(C)c3c(cc12)C(C)C(F)(F)C(C)(C)N3F. The second-order valence-electron chi connectivity index (χ2n) is 6.86. The van der Waals surface area contributed by atoms with Crippen molar-refractivity contribution in [3.05, 3.63) is 33.7 Å². The highest BCUT2D eigenvalue weighted by Gasteiger charge is 2.60. The molecule has 1 aliphatic heterocycles. The van der Waals surface area contributed by atoms with E-state index in [-0.39, 0.29) is 27.1 Å². The molecule has 0 fully saturated rings. The fourth-order valence-corrected chi connectivity index (χ4v) is 3.63. The van der Waals surface area contributed by atoms with Crippen molar-refractivity contribution in [1.82, 2.24) is 4.98 Å². The third-order valence-electron chi connectivity index (χ3n) is 5.18. The molecule has 3 rings (SSSR count). The minimum absolute atomic E-state index is 0.0560. The number of aryl methyl sites for hydroxylation is 2.